The number of benzene rings is 2. The number of carbonyl (C=O) groups is 1. The Bertz CT molecular complexity index is 1110. The summed E-state index contributed by atoms with van der Waals surface area (Å²) < 4.78 is 1.71. The van der Waals surface area contributed by atoms with Crippen LogP contribution >= 0.6 is 11.8 Å². The standard InChI is InChI=1S/C26H28N4O2S/c1-33-25-24(18-30(27-25)21-11-6-3-7-12-21)26(31)32-28-20-15-22-13-8-14-23(16-20)29(22)17-19-9-4-2-5-10-19/h2-7,9-12,18,22-23H,8,13-17H2,1H3/t22-,23+. The number of thioether (sulfide) groups is 1. The highest BCUT2D eigenvalue weighted by Gasteiger charge is 2.37. The van der Waals surface area contributed by atoms with E-state index >= 15 is 0 Å². The number of piperidine rings is 2. The van der Waals surface area contributed by atoms with Gasteiger partial charge in [-0.1, -0.05) is 60.1 Å². The molecule has 0 unspecified atom stereocenters. The van der Waals surface area contributed by atoms with Crippen LogP contribution < -0.4 is 0 Å². The van der Waals surface area contributed by atoms with Gasteiger partial charge in [-0.3, -0.25) is 4.90 Å². The molecule has 2 fully saturated rings. The van der Waals surface area contributed by atoms with Gasteiger partial charge in [0, 0.05) is 37.7 Å². The van der Waals surface area contributed by atoms with Gasteiger partial charge in [-0.2, -0.15) is 5.10 Å². The zero-order chi connectivity index (χ0) is 22.6. The Labute approximate surface area is 198 Å². The van der Waals surface area contributed by atoms with Crippen molar-refractivity contribution in [1.82, 2.24) is 14.7 Å². The molecule has 0 N–H and O–H groups in total. The van der Waals surface area contributed by atoms with Crippen LogP contribution in [0.3, 0.4) is 0 Å². The minimum Gasteiger partial charge on any atom is -0.313 e. The molecule has 2 aliphatic heterocycles. The van der Waals surface area contributed by atoms with E-state index in [4.69, 9.17) is 4.84 Å². The molecule has 1 aromatic heterocycles. The summed E-state index contributed by atoms with van der Waals surface area (Å²) in [6.45, 7) is 0.971. The highest BCUT2D eigenvalue weighted by molar-refractivity contribution is 7.98. The maximum Gasteiger partial charge on any atom is 0.370 e. The van der Waals surface area contributed by atoms with Gasteiger partial charge >= 0.3 is 5.97 Å². The van der Waals surface area contributed by atoms with Gasteiger partial charge in [0.2, 0.25) is 0 Å². The summed E-state index contributed by atoms with van der Waals surface area (Å²) >= 11 is 1.43. The van der Waals surface area contributed by atoms with Crippen LogP contribution in [-0.4, -0.2) is 44.7 Å². The second-order valence-corrected chi connectivity index (χ2v) is 9.47. The smallest absolute Gasteiger partial charge is 0.313 e. The van der Waals surface area contributed by atoms with E-state index in [1.165, 1.54) is 23.7 Å². The molecule has 33 heavy (non-hydrogen) atoms. The van der Waals surface area contributed by atoms with Crippen molar-refractivity contribution in [2.45, 2.75) is 55.8 Å². The molecule has 6 nitrogen and oxygen atoms in total. The monoisotopic (exact) mass is 460 g/mol. The number of para-hydroxylation sites is 1. The number of oxime groups is 1. The van der Waals surface area contributed by atoms with E-state index < -0.39 is 5.97 Å². The fraction of sp³-hybridized carbons (Fsp3) is 0.346. The van der Waals surface area contributed by atoms with Crippen LogP contribution in [0.5, 0.6) is 0 Å². The molecule has 2 bridgehead atoms. The number of rotatable bonds is 6. The second-order valence-electron chi connectivity index (χ2n) is 8.67. The average molecular weight is 461 g/mol. The van der Waals surface area contributed by atoms with E-state index in [9.17, 15) is 4.79 Å². The lowest BCUT2D eigenvalue weighted by molar-refractivity contribution is 0.0473. The van der Waals surface area contributed by atoms with Gasteiger partial charge in [-0.05, 0) is 36.8 Å². The molecule has 3 aromatic rings. The Morgan fingerprint density at radius 1 is 1.06 bits per heavy atom. The van der Waals surface area contributed by atoms with Crippen molar-refractivity contribution in [3.05, 3.63) is 78.0 Å². The molecule has 7 heteroatoms. The lowest BCUT2D eigenvalue weighted by Gasteiger charge is -2.46. The van der Waals surface area contributed by atoms with Crippen LogP contribution in [0, 0.1) is 0 Å². The number of carbonyl (C=O) groups excluding carboxylic acids is 1. The van der Waals surface area contributed by atoms with Gasteiger partial charge in [0.15, 0.2) is 0 Å². The summed E-state index contributed by atoms with van der Waals surface area (Å²) in [5.41, 5.74) is 3.68. The van der Waals surface area contributed by atoms with Crippen molar-refractivity contribution in [1.29, 1.82) is 0 Å². The van der Waals surface area contributed by atoms with Crippen LogP contribution in [0.25, 0.3) is 5.69 Å². The van der Waals surface area contributed by atoms with Gasteiger partial charge in [0.25, 0.3) is 0 Å². The highest BCUT2D eigenvalue weighted by Crippen LogP contribution is 2.34. The van der Waals surface area contributed by atoms with Gasteiger partial charge in [-0.25, -0.2) is 9.48 Å². The molecule has 3 heterocycles. The van der Waals surface area contributed by atoms with Crippen LogP contribution in [0.15, 0.2) is 77.0 Å². The quantitative estimate of drug-likeness (QED) is 0.283. The molecule has 5 rings (SSSR count). The molecular weight excluding hydrogens is 432 g/mol. The first-order chi connectivity index (χ1) is 16.2. The summed E-state index contributed by atoms with van der Waals surface area (Å²) in [6.07, 6.45) is 8.92. The number of hydrogen-bond acceptors (Lipinski definition) is 6. The molecule has 170 valence electrons. The lowest BCUT2D eigenvalue weighted by atomic mass is 9.83. The van der Waals surface area contributed by atoms with Gasteiger partial charge < -0.3 is 4.84 Å². The number of aromatic nitrogens is 2. The predicted octanol–water partition coefficient (Wildman–Crippen LogP) is 5.32. The Kier molecular flexibility index (Phi) is 6.60. The zero-order valence-electron chi connectivity index (χ0n) is 18.8. The van der Waals surface area contributed by atoms with Crippen molar-refractivity contribution in [3.63, 3.8) is 0 Å². The topological polar surface area (TPSA) is 59.7 Å². The largest absolute Gasteiger partial charge is 0.370 e. The summed E-state index contributed by atoms with van der Waals surface area (Å²) in [7, 11) is 0. The van der Waals surface area contributed by atoms with E-state index in [0.717, 1.165) is 43.6 Å². The number of nitrogens with zero attached hydrogens (tertiary/aromatic N) is 4. The van der Waals surface area contributed by atoms with Gasteiger partial charge in [0.05, 0.1) is 11.4 Å². The summed E-state index contributed by atoms with van der Waals surface area (Å²) in [6, 6.07) is 21.3. The van der Waals surface area contributed by atoms with Crippen molar-refractivity contribution < 1.29 is 9.63 Å². The second kappa shape index (κ2) is 9.93. The first-order valence-electron chi connectivity index (χ1n) is 11.5. The third-order valence-corrected chi connectivity index (χ3v) is 7.22. The molecule has 2 atom stereocenters. The molecule has 0 saturated carbocycles. The molecule has 0 amide bonds. The minimum absolute atomic E-state index is 0.442. The van der Waals surface area contributed by atoms with E-state index in [1.54, 1.807) is 10.9 Å². The Hall–Kier alpha value is -2.90. The van der Waals surface area contributed by atoms with E-state index in [1.807, 2.05) is 36.6 Å². The normalized spacial score (nSPS) is 21.8. The van der Waals surface area contributed by atoms with E-state index in [0.29, 0.717) is 22.7 Å². The molecule has 0 spiro atoms. The molecule has 0 radical (unpaired) electrons. The maximum absolute atomic E-state index is 12.9. The first-order valence-corrected chi connectivity index (χ1v) is 12.7. The highest BCUT2D eigenvalue weighted by atomic mass is 32.2. The molecule has 2 aliphatic rings. The summed E-state index contributed by atoms with van der Waals surface area (Å²) in [5.74, 6) is -0.453. The molecular formula is C26H28N4O2S. The van der Waals surface area contributed by atoms with Crippen molar-refractivity contribution in [2.75, 3.05) is 6.26 Å². The summed E-state index contributed by atoms with van der Waals surface area (Å²) in [5, 5.41) is 9.51. The fourth-order valence-electron chi connectivity index (χ4n) is 4.93. The third-order valence-electron chi connectivity index (χ3n) is 6.54. The van der Waals surface area contributed by atoms with Crippen LogP contribution in [0.4, 0.5) is 0 Å². The number of fused-ring (bicyclic) bond motifs is 2. The predicted molar refractivity (Wildman–Crippen MR) is 131 cm³/mol. The van der Waals surface area contributed by atoms with Crippen molar-refractivity contribution in [2.24, 2.45) is 5.16 Å². The molecule has 0 aliphatic carbocycles. The zero-order valence-corrected chi connectivity index (χ0v) is 19.6. The Morgan fingerprint density at radius 2 is 1.73 bits per heavy atom. The maximum atomic E-state index is 12.9. The van der Waals surface area contributed by atoms with Crippen LogP contribution in [-0.2, 0) is 11.4 Å². The van der Waals surface area contributed by atoms with Gasteiger partial charge in [0.1, 0.15) is 10.6 Å². The van der Waals surface area contributed by atoms with Crippen LogP contribution in [0.1, 0.15) is 48.0 Å². The average Bonchev–Trinajstić information content (AvgIpc) is 3.29. The third kappa shape index (κ3) is 4.89. The van der Waals surface area contributed by atoms with Crippen LogP contribution in [0.2, 0.25) is 0 Å². The van der Waals surface area contributed by atoms with E-state index in [-0.39, 0.29) is 0 Å². The van der Waals surface area contributed by atoms with E-state index in [2.05, 4.69) is 45.5 Å². The first kappa shape index (κ1) is 21.9. The fourth-order valence-corrected chi connectivity index (χ4v) is 5.45. The SMILES string of the molecule is CSc1nn(-c2ccccc2)cc1C(=O)ON=C1C[C@H]2CCC[C@@H](C1)N2Cc1ccccc1. The van der Waals surface area contributed by atoms with Gasteiger partial charge in [-0.15, -0.1) is 11.8 Å². The minimum atomic E-state index is -0.453. The Morgan fingerprint density at radius 3 is 2.39 bits per heavy atom. The molecule has 2 saturated heterocycles. The summed E-state index contributed by atoms with van der Waals surface area (Å²) in [4.78, 5) is 20.9. The lowest BCUT2D eigenvalue weighted by Crippen LogP contribution is -2.51. The van der Waals surface area contributed by atoms with Crippen molar-refractivity contribution in [3.8, 4) is 5.69 Å². The number of hydrogen-bond donors (Lipinski definition) is 0. The van der Waals surface area contributed by atoms with Crippen molar-refractivity contribution >= 4 is 23.4 Å². The molecule has 2 aromatic carbocycles. The Balaban J connectivity index is 1.27.